The monoisotopic (exact) mass is 291 g/mol. The first-order valence-corrected chi connectivity index (χ1v) is 7.37. The molecule has 5 heteroatoms. The fourth-order valence-electron chi connectivity index (χ4n) is 1.69. The van der Waals surface area contributed by atoms with Crippen molar-refractivity contribution in [3.63, 3.8) is 0 Å². The van der Waals surface area contributed by atoms with E-state index in [4.69, 9.17) is 9.47 Å². The van der Waals surface area contributed by atoms with Crippen LogP contribution in [0, 0.1) is 0 Å². The molecule has 0 spiro atoms. The van der Waals surface area contributed by atoms with Gasteiger partial charge in [0.25, 0.3) is 0 Å². The van der Waals surface area contributed by atoms with Crippen LogP contribution in [0.5, 0.6) is 11.5 Å². The van der Waals surface area contributed by atoms with Crippen LogP contribution in [0.3, 0.4) is 0 Å². The van der Waals surface area contributed by atoms with Crippen molar-refractivity contribution < 1.29 is 14.3 Å². The number of nitrogens with one attached hydrogen (secondary N) is 1. The van der Waals surface area contributed by atoms with Gasteiger partial charge < -0.3 is 14.8 Å². The van der Waals surface area contributed by atoms with Gasteiger partial charge in [-0.15, -0.1) is 11.3 Å². The van der Waals surface area contributed by atoms with Crippen molar-refractivity contribution in [3.05, 3.63) is 46.7 Å². The number of para-hydroxylation sites is 2. The molecular formula is C15H17NO3S. The van der Waals surface area contributed by atoms with Crippen LogP contribution >= 0.6 is 11.3 Å². The van der Waals surface area contributed by atoms with Crippen LogP contribution in [-0.2, 0) is 6.42 Å². The molecule has 2 aromatic rings. The normalized spacial score (nSPS) is 10.1. The minimum absolute atomic E-state index is 0.433. The minimum atomic E-state index is -0.464. The standard InChI is InChI=1S/C15H17NO3S/c1-2-18-13-7-3-4-8-14(13)19-15(17)16-10-9-12-6-5-11-20-12/h3-8,11H,2,9-10H2,1H3,(H,16,17). The maximum Gasteiger partial charge on any atom is 0.412 e. The van der Waals surface area contributed by atoms with Gasteiger partial charge in [0.2, 0.25) is 0 Å². The quantitative estimate of drug-likeness (QED) is 0.886. The zero-order chi connectivity index (χ0) is 14.2. The fraction of sp³-hybridized carbons (Fsp3) is 0.267. The fourth-order valence-corrected chi connectivity index (χ4v) is 2.40. The second kappa shape index (κ2) is 7.55. The van der Waals surface area contributed by atoms with E-state index in [0.29, 0.717) is 24.7 Å². The van der Waals surface area contributed by atoms with E-state index in [1.165, 1.54) is 4.88 Å². The molecule has 0 atom stereocenters. The summed E-state index contributed by atoms with van der Waals surface area (Å²) in [6.45, 7) is 2.97. The highest BCUT2D eigenvalue weighted by molar-refractivity contribution is 7.09. The van der Waals surface area contributed by atoms with Crippen LogP contribution in [0.25, 0.3) is 0 Å². The number of carbonyl (C=O) groups excluding carboxylic acids is 1. The maximum atomic E-state index is 11.7. The van der Waals surface area contributed by atoms with Gasteiger partial charge >= 0.3 is 6.09 Å². The largest absolute Gasteiger partial charge is 0.490 e. The summed E-state index contributed by atoms with van der Waals surface area (Å²) in [5.41, 5.74) is 0. The van der Waals surface area contributed by atoms with E-state index in [1.807, 2.05) is 30.5 Å². The molecule has 1 amide bonds. The zero-order valence-corrected chi connectivity index (χ0v) is 12.1. The highest BCUT2D eigenvalue weighted by Crippen LogP contribution is 2.26. The van der Waals surface area contributed by atoms with Crippen LogP contribution in [0.4, 0.5) is 4.79 Å². The van der Waals surface area contributed by atoms with E-state index in [2.05, 4.69) is 5.32 Å². The van der Waals surface area contributed by atoms with Gasteiger partial charge in [-0.2, -0.15) is 0 Å². The van der Waals surface area contributed by atoms with E-state index < -0.39 is 6.09 Å². The summed E-state index contributed by atoms with van der Waals surface area (Å²) in [5.74, 6) is 1.01. The third kappa shape index (κ3) is 4.28. The van der Waals surface area contributed by atoms with Crippen LogP contribution in [-0.4, -0.2) is 19.2 Å². The van der Waals surface area contributed by atoms with E-state index in [0.717, 1.165) is 6.42 Å². The minimum Gasteiger partial charge on any atom is -0.490 e. The number of carbonyl (C=O) groups is 1. The molecule has 0 bridgehead atoms. The number of hydrogen-bond donors (Lipinski definition) is 1. The molecule has 0 radical (unpaired) electrons. The van der Waals surface area contributed by atoms with Crippen molar-refractivity contribution in [1.29, 1.82) is 0 Å². The number of rotatable bonds is 6. The SMILES string of the molecule is CCOc1ccccc1OC(=O)NCCc1cccs1. The molecule has 1 aromatic heterocycles. The van der Waals surface area contributed by atoms with E-state index in [9.17, 15) is 4.79 Å². The molecule has 1 heterocycles. The Labute approximate surface area is 122 Å². The van der Waals surface area contributed by atoms with Gasteiger partial charge in [0, 0.05) is 11.4 Å². The molecule has 20 heavy (non-hydrogen) atoms. The summed E-state index contributed by atoms with van der Waals surface area (Å²) in [5, 5.41) is 4.75. The van der Waals surface area contributed by atoms with Gasteiger partial charge in [-0.1, -0.05) is 18.2 Å². The van der Waals surface area contributed by atoms with E-state index in [-0.39, 0.29) is 0 Å². The van der Waals surface area contributed by atoms with Crippen LogP contribution in [0.15, 0.2) is 41.8 Å². The zero-order valence-electron chi connectivity index (χ0n) is 11.3. The molecule has 4 nitrogen and oxygen atoms in total. The second-order valence-electron chi connectivity index (χ2n) is 4.03. The van der Waals surface area contributed by atoms with Gasteiger partial charge in [0.15, 0.2) is 11.5 Å². The first-order chi connectivity index (χ1) is 9.79. The van der Waals surface area contributed by atoms with Crippen LogP contribution in [0.1, 0.15) is 11.8 Å². The summed E-state index contributed by atoms with van der Waals surface area (Å²) in [6.07, 6.45) is 0.341. The molecule has 106 valence electrons. The Kier molecular flexibility index (Phi) is 5.43. The van der Waals surface area contributed by atoms with Crippen molar-refractivity contribution in [3.8, 4) is 11.5 Å². The molecule has 0 fully saturated rings. The molecule has 0 saturated carbocycles. The van der Waals surface area contributed by atoms with Crippen molar-refractivity contribution in [2.45, 2.75) is 13.3 Å². The van der Waals surface area contributed by atoms with Crippen LogP contribution in [0.2, 0.25) is 0 Å². The topological polar surface area (TPSA) is 47.6 Å². The van der Waals surface area contributed by atoms with Gasteiger partial charge in [0.1, 0.15) is 0 Å². The highest BCUT2D eigenvalue weighted by Gasteiger charge is 2.09. The highest BCUT2D eigenvalue weighted by atomic mass is 32.1. The molecule has 1 aromatic carbocycles. The molecular weight excluding hydrogens is 274 g/mol. The van der Waals surface area contributed by atoms with Crippen molar-refractivity contribution >= 4 is 17.4 Å². The number of amides is 1. The summed E-state index contributed by atoms with van der Waals surface area (Å²) < 4.78 is 10.6. The van der Waals surface area contributed by atoms with Gasteiger partial charge in [-0.3, -0.25) is 0 Å². The predicted octanol–water partition coefficient (Wildman–Crippen LogP) is 3.48. The molecule has 0 aliphatic heterocycles. The lowest BCUT2D eigenvalue weighted by atomic mass is 10.3. The molecule has 2 rings (SSSR count). The van der Waals surface area contributed by atoms with Gasteiger partial charge in [-0.05, 0) is 36.9 Å². The molecule has 1 N–H and O–H groups in total. The first kappa shape index (κ1) is 14.4. The molecule has 0 aliphatic rings. The number of benzene rings is 1. The maximum absolute atomic E-state index is 11.7. The smallest absolute Gasteiger partial charge is 0.412 e. The van der Waals surface area contributed by atoms with E-state index in [1.54, 1.807) is 29.5 Å². The Balaban J connectivity index is 1.82. The second-order valence-corrected chi connectivity index (χ2v) is 5.06. The summed E-state index contributed by atoms with van der Waals surface area (Å²) in [4.78, 5) is 12.9. The van der Waals surface area contributed by atoms with Crippen LogP contribution < -0.4 is 14.8 Å². The lowest BCUT2D eigenvalue weighted by Crippen LogP contribution is -2.28. The Morgan fingerprint density at radius 3 is 2.70 bits per heavy atom. The third-order valence-corrected chi connectivity index (χ3v) is 3.51. The Hall–Kier alpha value is -2.01. The molecule has 0 unspecified atom stereocenters. The molecule has 0 aliphatic carbocycles. The lowest BCUT2D eigenvalue weighted by molar-refractivity contribution is 0.197. The number of hydrogen-bond acceptors (Lipinski definition) is 4. The first-order valence-electron chi connectivity index (χ1n) is 6.49. The summed E-state index contributed by atoms with van der Waals surface area (Å²) in [7, 11) is 0. The van der Waals surface area contributed by atoms with Crippen molar-refractivity contribution in [1.82, 2.24) is 5.32 Å². The van der Waals surface area contributed by atoms with Crippen molar-refractivity contribution in [2.24, 2.45) is 0 Å². The summed E-state index contributed by atoms with van der Waals surface area (Å²) in [6, 6.07) is 11.2. The summed E-state index contributed by atoms with van der Waals surface area (Å²) >= 11 is 1.68. The number of ether oxygens (including phenoxy) is 2. The van der Waals surface area contributed by atoms with Gasteiger partial charge in [0.05, 0.1) is 6.61 Å². The third-order valence-electron chi connectivity index (χ3n) is 2.57. The van der Waals surface area contributed by atoms with Crippen molar-refractivity contribution in [2.75, 3.05) is 13.2 Å². The average molecular weight is 291 g/mol. The Morgan fingerprint density at radius 1 is 1.20 bits per heavy atom. The van der Waals surface area contributed by atoms with E-state index >= 15 is 0 Å². The number of thiophene rings is 1. The molecule has 0 saturated heterocycles. The predicted molar refractivity (Wildman–Crippen MR) is 79.7 cm³/mol. The Morgan fingerprint density at radius 2 is 2.00 bits per heavy atom. The lowest BCUT2D eigenvalue weighted by Gasteiger charge is -2.10. The Bertz CT molecular complexity index is 540. The van der Waals surface area contributed by atoms with Gasteiger partial charge in [-0.25, -0.2) is 4.79 Å². The average Bonchev–Trinajstić information content (AvgIpc) is 2.94.